The second-order valence-electron chi connectivity index (χ2n) is 6.24. The lowest BCUT2D eigenvalue weighted by Crippen LogP contribution is -2.07. The number of carbonyl (C=O) groups is 1. The van der Waals surface area contributed by atoms with E-state index >= 15 is 0 Å². The Kier molecular flexibility index (Phi) is 4.10. The fraction of sp³-hybridized carbons (Fsp3) is 0. The zero-order chi connectivity index (χ0) is 21.1. The maximum atomic E-state index is 12.7. The van der Waals surface area contributed by atoms with Crippen LogP contribution in [-0.4, -0.2) is 41.8 Å². The number of pyridine rings is 1. The Bertz CT molecular complexity index is 1470. The minimum atomic E-state index is -4.93. The van der Waals surface area contributed by atoms with Gasteiger partial charge in [0.1, 0.15) is 10.7 Å². The zero-order valence-corrected chi connectivity index (χ0v) is 15.9. The van der Waals surface area contributed by atoms with Crippen LogP contribution in [0.25, 0.3) is 22.2 Å². The molecule has 0 aliphatic heterocycles. The first-order valence-corrected chi connectivity index (χ1v) is 10.8. The second-order valence-corrected chi connectivity index (χ2v) is 9.05. The summed E-state index contributed by atoms with van der Waals surface area (Å²) in [6.45, 7) is 0. The van der Waals surface area contributed by atoms with Gasteiger partial charge in [-0.2, -0.15) is 16.8 Å². The third kappa shape index (κ3) is 3.09. The number of allylic oxidation sites excluding steroid dienone is 1. The third-order valence-corrected chi connectivity index (χ3v) is 6.15. The quantitative estimate of drug-likeness (QED) is 0.527. The molecule has 1 aromatic heterocycles. The number of fused-ring (bicyclic) bond motifs is 2. The number of carbonyl (C=O) groups excluding carboxylic acids is 1. The monoisotopic (exact) mass is 433 g/mol. The Morgan fingerprint density at radius 1 is 0.828 bits per heavy atom. The molecule has 1 aliphatic carbocycles. The van der Waals surface area contributed by atoms with Crippen molar-refractivity contribution < 1.29 is 35.8 Å². The van der Waals surface area contributed by atoms with Crippen LogP contribution in [0.4, 0.5) is 0 Å². The molecule has 1 aliphatic rings. The Balaban J connectivity index is 2.01. The van der Waals surface area contributed by atoms with Crippen molar-refractivity contribution in [2.75, 3.05) is 0 Å². The fourth-order valence-electron chi connectivity index (χ4n) is 3.16. The molecule has 0 bridgehead atoms. The first-order valence-electron chi connectivity index (χ1n) is 7.96. The van der Waals surface area contributed by atoms with Crippen molar-refractivity contribution in [1.29, 1.82) is 0 Å². The number of nitrogens with zero attached hydrogens (tertiary/aromatic N) is 1. The van der Waals surface area contributed by atoms with Crippen molar-refractivity contribution in [2.24, 2.45) is 0 Å². The first kappa shape index (κ1) is 19.2. The smallest absolute Gasteiger partial charge is 0.296 e. The molecule has 29 heavy (non-hydrogen) atoms. The predicted molar refractivity (Wildman–Crippen MR) is 102 cm³/mol. The highest BCUT2D eigenvalue weighted by atomic mass is 32.2. The summed E-state index contributed by atoms with van der Waals surface area (Å²) in [6, 6.07) is 10.4. The standard InChI is InChI=1S/C18H11NO8S2/c20-17-11-3-1-2-4-12(11)18(21)15(17)13-6-5-9-7-10(28(22,23)24)8-14(16(9)19-13)29(25,26)27/h1-8,20H,(H,22,23,24)(H,25,26,27). The molecule has 9 nitrogen and oxygen atoms in total. The van der Waals surface area contributed by atoms with Gasteiger partial charge in [-0.1, -0.05) is 30.3 Å². The molecule has 3 N–H and O–H groups in total. The van der Waals surface area contributed by atoms with E-state index in [2.05, 4.69) is 4.98 Å². The maximum Gasteiger partial charge on any atom is 0.296 e. The second kappa shape index (κ2) is 6.19. The first-order chi connectivity index (χ1) is 13.5. The van der Waals surface area contributed by atoms with Crippen molar-refractivity contribution >= 4 is 48.3 Å². The summed E-state index contributed by atoms with van der Waals surface area (Å²) in [6.07, 6.45) is 0. The minimum Gasteiger partial charge on any atom is -0.506 e. The number of Topliss-reactive ketones (excluding diaryl/α,β-unsaturated/α-hetero) is 1. The molecule has 1 heterocycles. The van der Waals surface area contributed by atoms with Gasteiger partial charge in [-0.25, -0.2) is 4.98 Å². The van der Waals surface area contributed by atoms with Gasteiger partial charge in [-0.3, -0.25) is 13.9 Å². The highest BCUT2D eigenvalue weighted by molar-refractivity contribution is 7.86. The number of aliphatic hydroxyl groups excluding tert-OH is 1. The highest BCUT2D eigenvalue weighted by Gasteiger charge is 2.32. The lowest BCUT2D eigenvalue weighted by atomic mass is 10.1. The Morgan fingerprint density at radius 3 is 2.07 bits per heavy atom. The summed E-state index contributed by atoms with van der Waals surface area (Å²) >= 11 is 0. The summed E-state index contributed by atoms with van der Waals surface area (Å²) in [5.41, 5.74) is -0.0138. The molecule has 0 spiro atoms. The van der Waals surface area contributed by atoms with Gasteiger partial charge in [0.15, 0.2) is 5.78 Å². The zero-order valence-electron chi connectivity index (χ0n) is 14.3. The SMILES string of the molecule is O=C1C(c2ccc3cc(S(=O)(=O)O)cc(S(=O)(=O)O)c3n2)=C(O)c2ccccc21. The van der Waals surface area contributed by atoms with Crippen molar-refractivity contribution in [3.05, 3.63) is 65.4 Å². The minimum absolute atomic E-state index is 0.0282. The van der Waals surface area contributed by atoms with E-state index in [1.54, 1.807) is 18.2 Å². The van der Waals surface area contributed by atoms with Crippen LogP contribution in [-0.2, 0) is 20.2 Å². The van der Waals surface area contributed by atoms with E-state index < -0.39 is 35.8 Å². The average molecular weight is 433 g/mol. The molecule has 11 heteroatoms. The summed E-state index contributed by atoms with van der Waals surface area (Å²) < 4.78 is 65.1. The molecule has 0 radical (unpaired) electrons. The molecule has 4 rings (SSSR count). The van der Waals surface area contributed by atoms with Crippen molar-refractivity contribution in [1.82, 2.24) is 4.98 Å². The lowest BCUT2D eigenvalue weighted by molar-refractivity contribution is 0.105. The van der Waals surface area contributed by atoms with Crippen molar-refractivity contribution in [3.8, 4) is 0 Å². The Morgan fingerprint density at radius 2 is 1.48 bits per heavy atom. The summed E-state index contributed by atoms with van der Waals surface area (Å²) in [5, 5.41) is 10.4. The van der Waals surface area contributed by atoms with Gasteiger partial charge in [-0.05, 0) is 18.2 Å². The van der Waals surface area contributed by atoms with E-state index in [-0.39, 0.29) is 33.5 Å². The van der Waals surface area contributed by atoms with E-state index in [0.717, 1.165) is 6.07 Å². The number of rotatable bonds is 3. The number of hydrogen-bond donors (Lipinski definition) is 3. The molecular weight excluding hydrogens is 422 g/mol. The van der Waals surface area contributed by atoms with Crippen LogP contribution in [0, 0.1) is 0 Å². The molecule has 0 amide bonds. The van der Waals surface area contributed by atoms with Crippen molar-refractivity contribution in [3.63, 3.8) is 0 Å². The van der Waals surface area contributed by atoms with Gasteiger partial charge in [0.2, 0.25) is 0 Å². The fourth-order valence-corrected chi connectivity index (χ4v) is 4.46. The van der Waals surface area contributed by atoms with Gasteiger partial charge in [0.25, 0.3) is 20.2 Å². The van der Waals surface area contributed by atoms with Gasteiger partial charge < -0.3 is 5.11 Å². The topological polar surface area (TPSA) is 159 Å². The Labute approximate surface area is 164 Å². The predicted octanol–water partition coefficient (Wildman–Crippen LogP) is 2.35. The molecule has 0 fully saturated rings. The highest BCUT2D eigenvalue weighted by Crippen LogP contribution is 2.37. The van der Waals surface area contributed by atoms with E-state index in [4.69, 9.17) is 0 Å². The number of ketones is 1. The Hall–Kier alpha value is -3.12. The van der Waals surface area contributed by atoms with Crippen LogP contribution in [0.3, 0.4) is 0 Å². The van der Waals surface area contributed by atoms with Crippen LogP contribution in [0.1, 0.15) is 21.6 Å². The maximum absolute atomic E-state index is 12.7. The average Bonchev–Trinajstić information content (AvgIpc) is 2.90. The van der Waals surface area contributed by atoms with Gasteiger partial charge in [-0.15, -0.1) is 0 Å². The van der Waals surface area contributed by atoms with Crippen LogP contribution in [0.2, 0.25) is 0 Å². The summed E-state index contributed by atoms with van der Waals surface area (Å²) in [5.74, 6) is -0.853. The largest absolute Gasteiger partial charge is 0.506 e. The molecule has 2 aromatic carbocycles. The number of benzene rings is 2. The van der Waals surface area contributed by atoms with Gasteiger partial charge in [0, 0.05) is 16.5 Å². The van der Waals surface area contributed by atoms with E-state index in [0.29, 0.717) is 11.6 Å². The van der Waals surface area contributed by atoms with Crippen LogP contribution < -0.4 is 0 Å². The molecule has 3 aromatic rings. The van der Waals surface area contributed by atoms with E-state index in [1.807, 2.05) is 0 Å². The lowest BCUT2D eigenvalue weighted by Gasteiger charge is -2.09. The summed E-state index contributed by atoms with van der Waals surface area (Å²) in [7, 11) is -9.70. The van der Waals surface area contributed by atoms with Crippen LogP contribution >= 0.6 is 0 Å². The van der Waals surface area contributed by atoms with Crippen LogP contribution in [0.5, 0.6) is 0 Å². The molecule has 148 valence electrons. The number of aromatic nitrogens is 1. The number of hydrogen-bond acceptors (Lipinski definition) is 7. The summed E-state index contributed by atoms with van der Waals surface area (Å²) in [4.78, 5) is 15.1. The molecule has 0 unspecified atom stereocenters. The van der Waals surface area contributed by atoms with E-state index in [1.165, 1.54) is 18.2 Å². The normalized spacial score (nSPS) is 14.5. The third-order valence-electron chi connectivity index (χ3n) is 4.45. The van der Waals surface area contributed by atoms with Crippen LogP contribution in [0.15, 0.2) is 58.3 Å². The van der Waals surface area contributed by atoms with E-state index in [9.17, 15) is 35.8 Å². The molecular formula is C18H11NO8S2. The van der Waals surface area contributed by atoms with Gasteiger partial charge in [0.05, 0.1) is 21.7 Å². The molecule has 0 saturated heterocycles. The number of aliphatic hydroxyl groups is 1. The molecule has 0 saturated carbocycles. The van der Waals surface area contributed by atoms with Gasteiger partial charge >= 0.3 is 0 Å². The molecule has 0 atom stereocenters. The van der Waals surface area contributed by atoms with Crippen molar-refractivity contribution in [2.45, 2.75) is 9.79 Å².